The van der Waals surface area contributed by atoms with E-state index < -0.39 is 11.8 Å². The molecule has 0 saturated heterocycles. The Balaban J connectivity index is 2.19. The van der Waals surface area contributed by atoms with Crippen molar-refractivity contribution < 1.29 is 19.0 Å². The second kappa shape index (κ2) is 6.37. The number of carbonyl (C=O) groups is 1. The Morgan fingerprint density at radius 3 is 2.76 bits per heavy atom. The lowest BCUT2D eigenvalue weighted by molar-refractivity contribution is 0.0695. The van der Waals surface area contributed by atoms with Crippen LogP contribution in [0.2, 0.25) is 0 Å². The van der Waals surface area contributed by atoms with Crippen LogP contribution in [0.5, 0.6) is 5.75 Å². The Kier molecular flexibility index (Phi) is 4.55. The standard InChI is InChI=1S/C15H9BrFNO3/c16-13-3-2-11(6-12(13)15(19)20)21-8-10-5-9(7-18)1-4-14(10)17/h1-6H,8H2,(H,19,20). The summed E-state index contributed by atoms with van der Waals surface area (Å²) in [5.74, 6) is -1.27. The third-order valence-electron chi connectivity index (χ3n) is 2.74. The predicted octanol–water partition coefficient (Wildman–Crippen LogP) is 3.74. The minimum absolute atomic E-state index is 0.0544. The Bertz CT molecular complexity index is 740. The first-order valence-electron chi connectivity index (χ1n) is 5.85. The summed E-state index contributed by atoms with van der Waals surface area (Å²) in [5, 5.41) is 17.8. The first-order chi connectivity index (χ1) is 10.0. The Hall–Kier alpha value is -2.39. The van der Waals surface area contributed by atoms with E-state index in [1.165, 1.54) is 24.3 Å². The molecule has 6 heteroatoms. The molecule has 2 aromatic rings. The van der Waals surface area contributed by atoms with Crippen LogP contribution in [0.25, 0.3) is 0 Å². The van der Waals surface area contributed by atoms with Gasteiger partial charge in [0, 0.05) is 10.0 Å². The molecule has 0 unspecified atom stereocenters. The molecule has 0 aliphatic heterocycles. The fourth-order valence-corrected chi connectivity index (χ4v) is 2.09. The number of halogens is 2. The lowest BCUT2D eigenvalue weighted by atomic mass is 10.1. The highest BCUT2D eigenvalue weighted by Crippen LogP contribution is 2.23. The van der Waals surface area contributed by atoms with Gasteiger partial charge in [0.1, 0.15) is 18.2 Å². The van der Waals surface area contributed by atoms with Crippen LogP contribution in [0.1, 0.15) is 21.5 Å². The van der Waals surface area contributed by atoms with Crippen LogP contribution in [-0.4, -0.2) is 11.1 Å². The predicted molar refractivity (Wildman–Crippen MR) is 76.5 cm³/mol. The van der Waals surface area contributed by atoms with Gasteiger partial charge in [0.15, 0.2) is 0 Å². The van der Waals surface area contributed by atoms with Gasteiger partial charge < -0.3 is 9.84 Å². The van der Waals surface area contributed by atoms with E-state index in [9.17, 15) is 9.18 Å². The molecule has 0 radical (unpaired) electrons. The van der Waals surface area contributed by atoms with Gasteiger partial charge in [-0.25, -0.2) is 9.18 Å². The van der Waals surface area contributed by atoms with Crippen molar-refractivity contribution in [2.24, 2.45) is 0 Å². The van der Waals surface area contributed by atoms with Crippen LogP contribution in [0.15, 0.2) is 40.9 Å². The summed E-state index contributed by atoms with van der Waals surface area (Å²) >= 11 is 3.13. The third kappa shape index (κ3) is 3.58. The Morgan fingerprint density at radius 2 is 2.10 bits per heavy atom. The zero-order chi connectivity index (χ0) is 15.4. The summed E-state index contributed by atoms with van der Waals surface area (Å²) in [6, 6.07) is 10.3. The fourth-order valence-electron chi connectivity index (χ4n) is 1.67. The van der Waals surface area contributed by atoms with E-state index in [0.717, 1.165) is 0 Å². The van der Waals surface area contributed by atoms with Gasteiger partial charge in [0.25, 0.3) is 0 Å². The van der Waals surface area contributed by atoms with Gasteiger partial charge in [0.2, 0.25) is 0 Å². The van der Waals surface area contributed by atoms with E-state index >= 15 is 0 Å². The number of nitrogens with zero attached hydrogens (tertiary/aromatic N) is 1. The van der Waals surface area contributed by atoms with Gasteiger partial charge in [-0.3, -0.25) is 0 Å². The summed E-state index contributed by atoms with van der Waals surface area (Å²) in [6.07, 6.45) is 0. The lowest BCUT2D eigenvalue weighted by Crippen LogP contribution is -2.02. The number of hydrogen-bond acceptors (Lipinski definition) is 3. The molecule has 4 nitrogen and oxygen atoms in total. The molecule has 0 fully saturated rings. The summed E-state index contributed by atoms with van der Waals surface area (Å²) in [6.45, 7) is -0.0952. The van der Waals surface area contributed by atoms with Gasteiger partial charge in [-0.2, -0.15) is 5.26 Å². The molecule has 0 aromatic heterocycles. The molecule has 2 aromatic carbocycles. The minimum atomic E-state index is -1.09. The molecular weight excluding hydrogens is 341 g/mol. The van der Waals surface area contributed by atoms with E-state index in [2.05, 4.69) is 15.9 Å². The summed E-state index contributed by atoms with van der Waals surface area (Å²) in [4.78, 5) is 11.0. The van der Waals surface area contributed by atoms with Crippen LogP contribution in [0.4, 0.5) is 4.39 Å². The fraction of sp³-hybridized carbons (Fsp3) is 0.0667. The van der Waals surface area contributed by atoms with E-state index in [-0.39, 0.29) is 17.7 Å². The second-order valence-electron chi connectivity index (χ2n) is 4.15. The second-order valence-corrected chi connectivity index (χ2v) is 5.01. The summed E-state index contributed by atoms with van der Waals surface area (Å²) < 4.78 is 19.4. The highest BCUT2D eigenvalue weighted by atomic mass is 79.9. The number of carboxylic acid groups (broad SMARTS) is 1. The largest absolute Gasteiger partial charge is 0.489 e. The van der Waals surface area contributed by atoms with Crippen molar-refractivity contribution in [3.63, 3.8) is 0 Å². The van der Waals surface area contributed by atoms with Crippen molar-refractivity contribution in [3.05, 3.63) is 63.4 Å². The van der Waals surface area contributed by atoms with E-state index in [4.69, 9.17) is 15.1 Å². The third-order valence-corrected chi connectivity index (χ3v) is 3.43. The highest BCUT2D eigenvalue weighted by Gasteiger charge is 2.10. The van der Waals surface area contributed by atoms with Crippen molar-refractivity contribution in [1.29, 1.82) is 5.26 Å². The molecule has 0 aliphatic carbocycles. The number of hydrogen-bond donors (Lipinski definition) is 1. The van der Waals surface area contributed by atoms with Crippen molar-refractivity contribution in [1.82, 2.24) is 0 Å². The number of carboxylic acids is 1. The quantitative estimate of drug-likeness (QED) is 0.912. The molecule has 21 heavy (non-hydrogen) atoms. The Labute approximate surface area is 128 Å². The van der Waals surface area contributed by atoms with Gasteiger partial charge in [0.05, 0.1) is 17.2 Å². The molecule has 0 amide bonds. The molecule has 2 rings (SSSR count). The first kappa shape index (κ1) is 15.0. The van der Waals surface area contributed by atoms with E-state index in [1.54, 1.807) is 12.1 Å². The Morgan fingerprint density at radius 1 is 1.33 bits per heavy atom. The summed E-state index contributed by atoms with van der Waals surface area (Å²) in [7, 11) is 0. The zero-order valence-corrected chi connectivity index (χ0v) is 12.2. The lowest BCUT2D eigenvalue weighted by Gasteiger charge is -2.09. The van der Waals surface area contributed by atoms with Crippen LogP contribution >= 0.6 is 15.9 Å². The molecule has 1 N–H and O–H groups in total. The zero-order valence-electron chi connectivity index (χ0n) is 10.6. The topological polar surface area (TPSA) is 70.3 Å². The maximum Gasteiger partial charge on any atom is 0.336 e. The van der Waals surface area contributed by atoms with E-state index in [1.807, 2.05) is 6.07 Å². The van der Waals surface area contributed by atoms with Gasteiger partial charge in [-0.05, 0) is 52.3 Å². The highest BCUT2D eigenvalue weighted by molar-refractivity contribution is 9.10. The van der Waals surface area contributed by atoms with Gasteiger partial charge in [-0.15, -0.1) is 0 Å². The molecule has 0 aliphatic rings. The van der Waals surface area contributed by atoms with Crippen LogP contribution in [-0.2, 0) is 6.61 Å². The minimum Gasteiger partial charge on any atom is -0.489 e. The van der Waals surface area contributed by atoms with Crippen molar-refractivity contribution in [2.45, 2.75) is 6.61 Å². The number of rotatable bonds is 4. The number of aromatic carboxylic acids is 1. The number of ether oxygens (including phenoxy) is 1. The molecule has 106 valence electrons. The maximum absolute atomic E-state index is 13.6. The molecule has 0 atom stereocenters. The average Bonchev–Trinajstić information content (AvgIpc) is 2.47. The first-order valence-corrected chi connectivity index (χ1v) is 6.64. The smallest absolute Gasteiger partial charge is 0.336 e. The maximum atomic E-state index is 13.6. The van der Waals surface area contributed by atoms with Crippen molar-refractivity contribution in [3.8, 4) is 11.8 Å². The number of nitriles is 1. The number of benzene rings is 2. The van der Waals surface area contributed by atoms with Gasteiger partial charge >= 0.3 is 5.97 Å². The van der Waals surface area contributed by atoms with Crippen molar-refractivity contribution >= 4 is 21.9 Å². The SMILES string of the molecule is N#Cc1ccc(F)c(COc2ccc(Br)c(C(=O)O)c2)c1. The van der Waals surface area contributed by atoms with Crippen LogP contribution in [0.3, 0.4) is 0 Å². The average molecular weight is 350 g/mol. The molecule has 0 spiro atoms. The monoisotopic (exact) mass is 349 g/mol. The molecule has 0 heterocycles. The van der Waals surface area contributed by atoms with Crippen LogP contribution in [0, 0.1) is 17.1 Å². The summed E-state index contributed by atoms with van der Waals surface area (Å²) in [5.41, 5.74) is 0.615. The molecule has 0 saturated carbocycles. The van der Waals surface area contributed by atoms with Crippen LogP contribution < -0.4 is 4.74 Å². The van der Waals surface area contributed by atoms with Gasteiger partial charge in [-0.1, -0.05) is 0 Å². The normalized spacial score (nSPS) is 9.95. The molecular formula is C15H9BrFNO3. The van der Waals surface area contributed by atoms with Crippen molar-refractivity contribution in [2.75, 3.05) is 0 Å². The van der Waals surface area contributed by atoms with E-state index in [0.29, 0.717) is 15.8 Å². The molecule has 0 bridgehead atoms.